The summed E-state index contributed by atoms with van der Waals surface area (Å²) in [6.45, 7) is 7.79. The number of rotatable bonds is 5. The van der Waals surface area contributed by atoms with Gasteiger partial charge in [-0.25, -0.2) is 13.8 Å². The molecule has 2 aliphatic heterocycles. The first kappa shape index (κ1) is 27.6. The number of likely N-dealkylation sites (N-methyl/N-ethyl adjacent to an activating group) is 1. The van der Waals surface area contributed by atoms with Crippen LogP contribution in [0.4, 0.5) is 20.3 Å². The largest absolute Gasteiger partial charge is 0.507 e. The highest BCUT2D eigenvalue weighted by Gasteiger charge is 2.36. The van der Waals surface area contributed by atoms with Crippen molar-refractivity contribution < 1.29 is 18.7 Å². The Labute approximate surface area is 236 Å². The summed E-state index contributed by atoms with van der Waals surface area (Å²) in [4.78, 5) is 24.6. The maximum Gasteiger partial charge on any atom is 0.246 e. The van der Waals surface area contributed by atoms with Gasteiger partial charge >= 0.3 is 0 Å². The van der Waals surface area contributed by atoms with E-state index in [1.54, 1.807) is 4.90 Å². The number of hydrogen-bond donors (Lipinski definition) is 1. The summed E-state index contributed by atoms with van der Waals surface area (Å²) < 4.78 is 31.2. The molecule has 2 aromatic carbocycles. The molecule has 0 bridgehead atoms. The van der Waals surface area contributed by atoms with Crippen molar-refractivity contribution in [1.82, 2.24) is 14.8 Å². The van der Waals surface area contributed by atoms with Crippen LogP contribution in [0.15, 0.2) is 36.9 Å². The van der Waals surface area contributed by atoms with E-state index in [4.69, 9.17) is 11.6 Å². The number of halogens is 3. The van der Waals surface area contributed by atoms with Crippen LogP contribution in [0.25, 0.3) is 22.0 Å². The fourth-order valence-electron chi connectivity index (χ4n) is 5.51. The van der Waals surface area contributed by atoms with Gasteiger partial charge in [0.25, 0.3) is 0 Å². The number of carbonyl (C=O) groups is 1. The molecule has 208 valence electrons. The lowest BCUT2D eigenvalue weighted by atomic mass is 9.97. The van der Waals surface area contributed by atoms with Crippen LogP contribution in [0.3, 0.4) is 0 Å². The SMILES string of the molecule is C=CC(=O)N1CCN(c2c(C#N)c(N3CC(N(C)C)C3)nc3c(F)c(-c4c(O)cccc4F)c(Cl)cc23)C[C@H]1C. The quantitative estimate of drug-likeness (QED) is 0.459. The number of aromatic nitrogens is 1. The fraction of sp³-hybridized carbons (Fsp3) is 0.345. The smallest absolute Gasteiger partial charge is 0.246 e. The number of phenols is 1. The van der Waals surface area contributed by atoms with Crippen molar-refractivity contribution in [3.63, 3.8) is 0 Å². The van der Waals surface area contributed by atoms with Crippen molar-refractivity contribution >= 4 is 39.9 Å². The summed E-state index contributed by atoms with van der Waals surface area (Å²) in [5, 5.41) is 21.0. The Hall–Kier alpha value is -3.94. The number of nitrogens with zero attached hydrogens (tertiary/aromatic N) is 6. The zero-order chi connectivity index (χ0) is 28.9. The molecule has 0 aliphatic carbocycles. The number of anilines is 2. The highest BCUT2D eigenvalue weighted by Crippen LogP contribution is 2.45. The molecule has 0 unspecified atom stereocenters. The van der Waals surface area contributed by atoms with Gasteiger partial charge in [-0.3, -0.25) is 4.79 Å². The summed E-state index contributed by atoms with van der Waals surface area (Å²) in [5.74, 6) is -2.05. The van der Waals surface area contributed by atoms with E-state index < -0.39 is 17.4 Å². The summed E-state index contributed by atoms with van der Waals surface area (Å²) >= 11 is 6.57. The number of carbonyl (C=O) groups excluding carboxylic acids is 1. The number of fused-ring (bicyclic) bond motifs is 1. The molecular formula is C29H29ClF2N6O2. The van der Waals surface area contributed by atoms with Gasteiger partial charge in [0.1, 0.15) is 34.5 Å². The van der Waals surface area contributed by atoms with Crippen LogP contribution in [0, 0.1) is 23.0 Å². The van der Waals surface area contributed by atoms with E-state index in [1.807, 2.05) is 30.8 Å². The molecule has 1 atom stereocenters. The van der Waals surface area contributed by atoms with Gasteiger partial charge in [0.2, 0.25) is 5.91 Å². The Morgan fingerprint density at radius 3 is 2.55 bits per heavy atom. The molecule has 0 spiro atoms. The van der Waals surface area contributed by atoms with Gasteiger partial charge in [0.05, 0.1) is 16.3 Å². The maximum atomic E-state index is 16.4. The Kier molecular flexibility index (Phi) is 7.29. The number of hydrogen-bond acceptors (Lipinski definition) is 7. The molecule has 3 aromatic rings. The first-order valence-electron chi connectivity index (χ1n) is 12.9. The molecule has 11 heteroatoms. The molecule has 8 nitrogen and oxygen atoms in total. The van der Waals surface area contributed by atoms with E-state index in [1.165, 1.54) is 24.3 Å². The highest BCUT2D eigenvalue weighted by molar-refractivity contribution is 6.34. The average Bonchev–Trinajstić information content (AvgIpc) is 2.88. The monoisotopic (exact) mass is 566 g/mol. The number of aromatic hydroxyl groups is 1. The molecule has 0 radical (unpaired) electrons. The molecule has 0 saturated carbocycles. The van der Waals surface area contributed by atoms with Crippen LogP contribution in [0.5, 0.6) is 5.75 Å². The third-order valence-electron chi connectivity index (χ3n) is 7.77. The second-order valence-electron chi connectivity index (χ2n) is 10.4. The summed E-state index contributed by atoms with van der Waals surface area (Å²) in [5.41, 5.74) is -0.0150. The molecule has 3 heterocycles. The minimum atomic E-state index is -0.895. The van der Waals surface area contributed by atoms with E-state index >= 15 is 4.39 Å². The number of phenolic OH excluding ortho intramolecular Hbond substituents is 1. The van der Waals surface area contributed by atoms with Crippen molar-refractivity contribution in [1.29, 1.82) is 5.26 Å². The van der Waals surface area contributed by atoms with Gasteiger partial charge in [-0.1, -0.05) is 24.2 Å². The topological polar surface area (TPSA) is 86.9 Å². The maximum absolute atomic E-state index is 16.4. The molecule has 2 aliphatic rings. The van der Waals surface area contributed by atoms with Crippen molar-refractivity contribution in [3.05, 3.63) is 59.1 Å². The number of amides is 1. The van der Waals surface area contributed by atoms with Gasteiger partial charge in [-0.15, -0.1) is 0 Å². The Balaban J connectivity index is 1.74. The van der Waals surface area contributed by atoms with Gasteiger partial charge in [-0.05, 0) is 45.3 Å². The average molecular weight is 567 g/mol. The normalized spacial score (nSPS) is 17.8. The van der Waals surface area contributed by atoms with Crippen LogP contribution < -0.4 is 9.80 Å². The zero-order valence-corrected chi connectivity index (χ0v) is 23.2. The van der Waals surface area contributed by atoms with Crippen LogP contribution in [-0.4, -0.2) is 84.7 Å². The Morgan fingerprint density at radius 1 is 1.23 bits per heavy atom. The Bertz CT molecular complexity index is 1550. The van der Waals surface area contributed by atoms with E-state index in [9.17, 15) is 19.6 Å². The molecule has 40 heavy (non-hydrogen) atoms. The van der Waals surface area contributed by atoms with E-state index in [-0.39, 0.29) is 45.2 Å². The molecule has 5 rings (SSSR count). The van der Waals surface area contributed by atoms with Crippen LogP contribution >= 0.6 is 11.6 Å². The highest BCUT2D eigenvalue weighted by atomic mass is 35.5. The lowest BCUT2D eigenvalue weighted by molar-refractivity contribution is -0.128. The predicted molar refractivity (Wildman–Crippen MR) is 152 cm³/mol. The standard InChI is InChI=1S/C29H29ClF2N6O2/c1-5-23(40)38-10-9-36(13-16(38)2)28-18-11-20(30)24(25-21(31)7-6-8-22(25)39)26(32)27(18)34-29(19(28)12-33)37-14-17(15-37)35(3)4/h5-8,11,16-17,39H,1,9-10,13-15H2,2-4H3/t16-/m1/s1. The molecular weight excluding hydrogens is 538 g/mol. The second kappa shape index (κ2) is 10.6. The third kappa shape index (κ3) is 4.49. The fourth-order valence-corrected chi connectivity index (χ4v) is 5.80. The second-order valence-corrected chi connectivity index (χ2v) is 10.8. The van der Waals surface area contributed by atoms with Gasteiger partial charge in [-0.2, -0.15) is 5.26 Å². The van der Waals surface area contributed by atoms with Crippen molar-refractivity contribution in [3.8, 4) is 22.9 Å². The lowest BCUT2D eigenvalue weighted by Gasteiger charge is -2.45. The zero-order valence-electron chi connectivity index (χ0n) is 22.5. The first-order chi connectivity index (χ1) is 19.1. The first-order valence-corrected chi connectivity index (χ1v) is 13.3. The van der Waals surface area contributed by atoms with Crippen LogP contribution in [0.2, 0.25) is 5.02 Å². The van der Waals surface area contributed by atoms with E-state index in [2.05, 4.69) is 22.5 Å². The molecule has 1 amide bonds. The van der Waals surface area contributed by atoms with E-state index in [0.29, 0.717) is 49.6 Å². The van der Waals surface area contributed by atoms with E-state index in [0.717, 1.165) is 6.07 Å². The number of piperazine rings is 1. The molecule has 2 saturated heterocycles. The minimum Gasteiger partial charge on any atom is -0.507 e. The van der Waals surface area contributed by atoms with Crippen LogP contribution in [0.1, 0.15) is 12.5 Å². The molecule has 1 N–H and O–H groups in total. The van der Waals surface area contributed by atoms with Gasteiger partial charge < -0.3 is 24.7 Å². The lowest BCUT2D eigenvalue weighted by Crippen LogP contribution is -2.58. The predicted octanol–water partition coefficient (Wildman–Crippen LogP) is 4.38. The number of benzene rings is 2. The summed E-state index contributed by atoms with van der Waals surface area (Å²) in [6, 6.07) is 7.48. The van der Waals surface area contributed by atoms with Crippen molar-refractivity contribution in [2.24, 2.45) is 0 Å². The van der Waals surface area contributed by atoms with Gasteiger partial charge in [0.15, 0.2) is 5.82 Å². The van der Waals surface area contributed by atoms with Crippen molar-refractivity contribution in [2.45, 2.75) is 19.0 Å². The number of pyridine rings is 1. The third-order valence-corrected chi connectivity index (χ3v) is 8.07. The summed E-state index contributed by atoms with van der Waals surface area (Å²) in [7, 11) is 3.93. The molecule has 1 aromatic heterocycles. The minimum absolute atomic E-state index is 0.0865. The van der Waals surface area contributed by atoms with Crippen molar-refractivity contribution in [2.75, 3.05) is 56.6 Å². The molecule has 2 fully saturated rings. The number of nitriles is 1. The Morgan fingerprint density at radius 2 is 1.95 bits per heavy atom. The van der Waals surface area contributed by atoms with Gasteiger partial charge in [0, 0.05) is 55.8 Å². The summed E-state index contributed by atoms with van der Waals surface area (Å²) in [6.07, 6.45) is 1.27. The van der Waals surface area contributed by atoms with Crippen LogP contribution in [-0.2, 0) is 4.79 Å².